The zero-order valence-corrected chi connectivity index (χ0v) is 11.9. The number of hydrogen-bond donors (Lipinski definition) is 1. The second kappa shape index (κ2) is 6.72. The van der Waals surface area contributed by atoms with Crippen molar-refractivity contribution in [2.45, 2.75) is 25.5 Å². The fourth-order valence-electron chi connectivity index (χ4n) is 2.26. The molecule has 2 unspecified atom stereocenters. The van der Waals surface area contributed by atoms with Crippen LogP contribution in [0.4, 0.5) is 0 Å². The first-order valence-electron chi connectivity index (χ1n) is 6.85. The number of aliphatic hydroxyl groups is 1. The number of likely N-dealkylation sites (N-methyl/N-ethyl adjacent to an activating group) is 1. The van der Waals surface area contributed by atoms with E-state index in [4.69, 9.17) is 9.47 Å². The van der Waals surface area contributed by atoms with Gasteiger partial charge in [-0.3, -0.25) is 4.79 Å². The molecule has 1 amide bonds. The zero-order valence-electron chi connectivity index (χ0n) is 11.9. The van der Waals surface area contributed by atoms with Gasteiger partial charge >= 0.3 is 0 Å². The smallest absolute Gasteiger partial charge is 0.227 e. The second-order valence-electron chi connectivity index (χ2n) is 4.93. The van der Waals surface area contributed by atoms with Crippen LogP contribution in [0.1, 0.15) is 12.5 Å². The normalized spacial score (nSPS) is 21.8. The molecule has 1 heterocycles. The van der Waals surface area contributed by atoms with Crippen molar-refractivity contribution in [3.05, 3.63) is 29.8 Å². The van der Waals surface area contributed by atoms with Crippen LogP contribution in [0.5, 0.6) is 5.75 Å². The molecule has 1 aliphatic heterocycles. The first kappa shape index (κ1) is 14.8. The maximum absolute atomic E-state index is 12.2. The average molecular weight is 279 g/mol. The molecule has 5 heteroatoms. The third-order valence-electron chi connectivity index (χ3n) is 3.50. The number of nitrogens with zero attached hydrogens (tertiary/aromatic N) is 1. The van der Waals surface area contributed by atoms with Crippen LogP contribution in [0.25, 0.3) is 0 Å². The monoisotopic (exact) mass is 279 g/mol. The molecule has 0 aliphatic carbocycles. The number of benzene rings is 1. The molecule has 1 aromatic rings. The van der Waals surface area contributed by atoms with E-state index in [0.717, 1.165) is 11.3 Å². The highest BCUT2D eigenvalue weighted by Gasteiger charge is 2.32. The third-order valence-corrected chi connectivity index (χ3v) is 3.50. The number of aliphatic hydroxyl groups excluding tert-OH is 1. The van der Waals surface area contributed by atoms with Crippen molar-refractivity contribution in [1.82, 2.24) is 4.90 Å². The van der Waals surface area contributed by atoms with E-state index in [-0.39, 0.29) is 11.9 Å². The summed E-state index contributed by atoms with van der Waals surface area (Å²) in [5.41, 5.74) is 0.929. The van der Waals surface area contributed by atoms with Gasteiger partial charge in [0.2, 0.25) is 5.91 Å². The summed E-state index contributed by atoms with van der Waals surface area (Å²) in [6.45, 7) is 3.25. The van der Waals surface area contributed by atoms with Crippen LogP contribution in [0.2, 0.25) is 0 Å². The predicted molar refractivity (Wildman–Crippen MR) is 74.7 cm³/mol. The highest BCUT2D eigenvalue weighted by atomic mass is 16.5. The van der Waals surface area contributed by atoms with E-state index in [0.29, 0.717) is 26.2 Å². The summed E-state index contributed by atoms with van der Waals surface area (Å²) < 4.78 is 10.5. The summed E-state index contributed by atoms with van der Waals surface area (Å²) in [5, 5.41) is 9.73. The maximum atomic E-state index is 12.2. The lowest BCUT2D eigenvalue weighted by atomic mass is 10.1. The van der Waals surface area contributed by atoms with E-state index < -0.39 is 6.10 Å². The summed E-state index contributed by atoms with van der Waals surface area (Å²) in [5.74, 6) is 0.778. The molecule has 20 heavy (non-hydrogen) atoms. The lowest BCUT2D eigenvalue weighted by molar-refractivity contribution is -0.132. The third kappa shape index (κ3) is 3.49. The largest absolute Gasteiger partial charge is 0.494 e. The van der Waals surface area contributed by atoms with Gasteiger partial charge in [0.25, 0.3) is 0 Å². The van der Waals surface area contributed by atoms with Gasteiger partial charge in [-0.15, -0.1) is 0 Å². The Labute approximate surface area is 119 Å². The Morgan fingerprint density at radius 1 is 1.40 bits per heavy atom. The van der Waals surface area contributed by atoms with Crippen LogP contribution in [0.3, 0.4) is 0 Å². The molecule has 2 rings (SSSR count). The predicted octanol–water partition coefficient (Wildman–Crippen LogP) is 0.846. The van der Waals surface area contributed by atoms with Gasteiger partial charge in [-0.1, -0.05) is 12.1 Å². The van der Waals surface area contributed by atoms with Crippen LogP contribution >= 0.6 is 0 Å². The molecule has 1 fully saturated rings. The molecule has 0 aromatic heterocycles. The van der Waals surface area contributed by atoms with Crippen molar-refractivity contribution in [2.24, 2.45) is 0 Å². The second-order valence-corrected chi connectivity index (χ2v) is 4.93. The van der Waals surface area contributed by atoms with Gasteiger partial charge in [0.15, 0.2) is 0 Å². The highest BCUT2D eigenvalue weighted by molar-refractivity contribution is 5.79. The van der Waals surface area contributed by atoms with E-state index in [9.17, 15) is 9.90 Å². The number of hydrogen-bond acceptors (Lipinski definition) is 4. The Hall–Kier alpha value is -1.59. The van der Waals surface area contributed by atoms with Gasteiger partial charge in [0, 0.05) is 7.05 Å². The van der Waals surface area contributed by atoms with Crippen molar-refractivity contribution in [3.8, 4) is 5.75 Å². The van der Waals surface area contributed by atoms with Crippen molar-refractivity contribution in [2.75, 3.05) is 26.9 Å². The Bertz CT molecular complexity index is 446. The van der Waals surface area contributed by atoms with Crippen LogP contribution < -0.4 is 4.74 Å². The standard InChI is InChI=1S/C15H21NO4/c1-3-20-12-6-4-11(5-7-12)8-15(18)16(2)13-9-19-10-14(13)17/h4-7,13-14,17H,3,8-10H2,1-2H3. The van der Waals surface area contributed by atoms with E-state index in [2.05, 4.69) is 0 Å². The van der Waals surface area contributed by atoms with E-state index in [1.807, 2.05) is 31.2 Å². The lowest BCUT2D eigenvalue weighted by Gasteiger charge is -2.25. The van der Waals surface area contributed by atoms with Gasteiger partial charge < -0.3 is 19.5 Å². The molecular weight excluding hydrogens is 258 g/mol. The first-order chi connectivity index (χ1) is 9.61. The number of amides is 1. The molecule has 110 valence electrons. The van der Waals surface area contributed by atoms with E-state index in [1.54, 1.807) is 11.9 Å². The molecule has 2 atom stereocenters. The fraction of sp³-hybridized carbons (Fsp3) is 0.533. The molecular formula is C15H21NO4. The van der Waals surface area contributed by atoms with Crippen molar-refractivity contribution < 1.29 is 19.4 Å². The summed E-state index contributed by atoms with van der Waals surface area (Å²) >= 11 is 0. The molecule has 5 nitrogen and oxygen atoms in total. The minimum atomic E-state index is -0.593. The molecule has 0 spiro atoms. The van der Waals surface area contributed by atoms with Gasteiger partial charge in [-0.2, -0.15) is 0 Å². The Morgan fingerprint density at radius 3 is 2.65 bits per heavy atom. The molecule has 0 bridgehead atoms. The summed E-state index contributed by atoms with van der Waals surface area (Å²) in [4.78, 5) is 13.8. The lowest BCUT2D eigenvalue weighted by Crippen LogP contribution is -2.44. The van der Waals surface area contributed by atoms with E-state index in [1.165, 1.54) is 0 Å². The highest BCUT2D eigenvalue weighted by Crippen LogP contribution is 2.16. The average Bonchev–Trinajstić information content (AvgIpc) is 2.86. The van der Waals surface area contributed by atoms with Crippen molar-refractivity contribution in [1.29, 1.82) is 0 Å². The molecule has 0 saturated carbocycles. The SMILES string of the molecule is CCOc1ccc(CC(=O)N(C)C2COCC2O)cc1. The van der Waals surface area contributed by atoms with Crippen LogP contribution in [0.15, 0.2) is 24.3 Å². The van der Waals surface area contributed by atoms with Gasteiger partial charge in [0.05, 0.1) is 38.4 Å². The number of ether oxygens (including phenoxy) is 2. The summed E-state index contributed by atoms with van der Waals surface area (Å²) in [6, 6.07) is 7.25. The van der Waals surface area contributed by atoms with Crippen LogP contribution in [-0.2, 0) is 16.0 Å². The topological polar surface area (TPSA) is 59.0 Å². The van der Waals surface area contributed by atoms with Gasteiger partial charge in [-0.05, 0) is 24.6 Å². The van der Waals surface area contributed by atoms with Crippen molar-refractivity contribution in [3.63, 3.8) is 0 Å². The van der Waals surface area contributed by atoms with Crippen LogP contribution in [0, 0.1) is 0 Å². The number of carbonyl (C=O) groups excluding carboxylic acids is 1. The molecule has 1 saturated heterocycles. The summed E-state index contributed by atoms with van der Waals surface area (Å²) in [6.07, 6.45) is -0.282. The molecule has 1 N–H and O–H groups in total. The van der Waals surface area contributed by atoms with Gasteiger partial charge in [-0.25, -0.2) is 0 Å². The van der Waals surface area contributed by atoms with Gasteiger partial charge in [0.1, 0.15) is 5.75 Å². The molecule has 0 radical (unpaired) electrons. The van der Waals surface area contributed by atoms with E-state index >= 15 is 0 Å². The maximum Gasteiger partial charge on any atom is 0.227 e. The fourth-order valence-corrected chi connectivity index (χ4v) is 2.26. The van der Waals surface area contributed by atoms with Crippen molar-refractivity contribution >= 4 is 5.91 Å². The number of carbonyl (C=O) groups is 1. The first-order valence-corrected chi connectivity index (χ1v) is 6.85. The summed E-state index contributed by atoms with van der Waals surface area (Å²) in [7, 11) is 1.71. The Kier molecular flexibility index (Phi) is 4.98. The minimum Gasteiger partial charge on any atom is -0.494 e. The quantitative estimate of drug-likeness (QED) is 0.868. The molecule has 1 aromatic carbocycles. The zero-order chi connectivity index (χ0) is 14.5. The Balaban J connectivity index is 1.93. The number of rotatable bonds is 5. The Morgan fingerprint density at radius 2 is 2.10 bits per heavy atom. The van der Waals surface area contributed by atoms with Crippen LogP contribution in [-0.4, -0.2) is 54.9 Å². The molecule has 1 aliphatic rings. The minimum absolute atomic E-state index is 0.0243.